The van der Waals surface area contributed by atoms with E-state index in [0.717, 1.165) is 12.7 Å². The average Bonchev–Trinajstić information content (AvgIpc) is 2.76. The monoisotopic (exact) mass is 487 g/mol. The molecule has 2 amide bonds. The average molecular weight is 488 g/mol. The van der Waals surface area contributed by atoms with Crippen LogP contribution in [0.1, 0.15) is 47.8 Å². The summed E-state index contributed by atoms with van der Waals surface area (Å²) in [6.45, 7) is 5.73. The van der Waals surface area contributed by atoms with Gasteiger partial charge in [0, 0.05) is 44.5 Å². The lowest BCUT2D eigenvalue weighted by Crippen LogP contribution is -2.41. The zero-order valence-corrected chi connectivity index (χ0v) is 19.8. The molecule has 1 unspecified atom stereocenters. The molecule has 1 rings (SSSR count). The fourth-order valence-corrected chi connectivity index (χ4v) is 3.06. The lowest BCUT2D eigenvalue weighted by Gasteiger charge is -2.23. The summed E-state index contributed by atoms with van der Waals surface area (Å²) in [6, 6.07) is 1.36. The van der Waals surface area contributed by atoms with Crippen LogP contribution in [0.2, 0.25) is 0 Å². The number of pyridine rings is 1. The van der Waals surface area contributed by atoms with Crippen LogP contribution in [0.3, 0.4) is 0 Å². The van der Waals surface area contributed by atoms with Crippen LogP contribution in [0.4, 0.5) is 13.2 Å². The Bertz CT molecular complexity index is 875. The first kappa shape index (κ1) is 29.0. The molecule has 9 nitrogen and oxygen atoms in total. The first-order valence-electron chi connectivity index (χ1n) is 10.8. The molecular formula is C22H32F3N5O4. The molecule has 3 N–H and O–H groups in total. The van der Waals surface area contributed by atoms with Crippen molar-refractivity contribution in [3.8, 4) is 0 Å². The second-order valence-corrected chi connectivity index (χ2v) is 7.79. The van der Waals surface area contributed by atoms with Crippen molar-refractivity contribution in [2.75, 3.05) is 40.3 Å². The van der Waals surface area contributed by atoms with E-state index >= 15 is 0 Å². The van der Waals surface area contributed by atoms with Crippen molar-refractivity contribution in [2.45, 2.75) is 38.9 Å². The number of alkyl halides is 3. The van der Waals surface area contributed by atoms with Gasteiger partial charge in [-0.15, -0.1) is 0 Å². The Hall–Kier alpha value is -2.99. The highest BCUT2D eigenvalue weighted by Crippen LogP contribution is 2.25. The Kier molecular flexibility index (Phi) is 11.7. The molecule has 0 aliphatic heterocycles. The highest BCUT2D eigenvalue weighted by Gasteiger charge is 2.38. The number of rotatable bonds is 13. The fourth-order valence-electron chi connectivity index (χ4n) is 3.06. The van der Waals surface area contributed by atoms with E-state index in [1.807, 2.05) is 25.9 Å². The molecule has 0 aliphatic carbocycles. The first-order valence-corrected chi connectivity index (χ1v) is 10.8. The van der Waals surface area contributed by atoms with Gasteiger partial charge >= 0.3 is 18.1 Å². The van der Waals surface area contributed by atoms with E-state index in [1.54, 1.807) is 17.1 Å². The first-order chi connectivity index (χ1) is 15.9. The van der Waals surface area contributed by atoms with Gasteiger partial charge in [0.1, 0.15) is 0 Å². The number of carboxylic acid groups (broad SMARTS) is 1. The number of likely N-dealkylation sites (N-methyl/N-ethyl adjacent to an activating group) is 2. The van der Waals surface area contributed by atoms with Crippen LogP contribution >= 0.6 is 0 Å². The Morgan fingerprint density at radius 1 is 1.21 bits per heavy atom. The van der Waals surface area contributed by atoms with Gasteiger partial charge in [0.05, 0.1) is 17.8 Å². The fraction of sp³-hybridized carbons (Fsp3) is 0.545. The molecular weight excluding hydrogens is 455 g/mol. The summed E-state index contributed by atoms with van der Waals surface area (Å²) >= 11 is 0. The van der Waals surface area contributed by atoms with Crippen LogP contribution in [0.25, 0.3) is 0 Å². The number of aromatic nitrogens is 1. The number of carboxylic acids is 1. The number of nitrogens with one attached hydrogen (secondary N) is 2. The Balaban J connectivity index is 2.85. The molecule has 0 saturated heterocycles. The summed E-state index contributed by atoms with van der Waals surface area (Å²) in [5, 5.41) is 14.2. The van der Waals surface area contributed by atoms with Crippen LogP contribution in [-0.4, -0.2) is 84.1 Å². The Morgan fingerprint density at radius 3 is 2.41 bits per heavy atom. The second-order valence-electron chi connectivity index (χ2n) is 7.79. The summed E-state index contributed by atoms with van der Waals surface area (Å²) < 4.78 is 36.9. The van der Waals surface area contributed by atoms with Gasteiger partial charge in [-0.2, -0.15) is 13.2 Å². The van der Waals surface area contributed by atoms with Crippen LogP contribution in [-0.2, 0) is 16.1 Å². The van der Waals surface area contributed by atoms with Gasteiger partial charge in [-0.05, 0) is 39.1 Å². The zero-order chi connectivity index (χ0) is 25.9. The van der Waals surface area contributed by atoms with Crippen molar-refractivity contribution in [1.82, 2.24) is 25.4 Å². The van der Waals surface area contributed by atoms with Gasteiger partial charge in [-0.3, -0.25) is 14.6 Å². The van der Waals surface area contributed by atoms with Crippen molar-refractivity contribution < 1.29 is 32.7 Å². The lowest BCUT2D eigenvalue weighted by atomic mass is 9.93. The van der Waals surface area contributed by atoms with Crippen LogP contribution in [0, 0.1) is 0 Å². The number of allylic oxidation sites excluding steroid dienone is 1. The third kappa shape index (κ3) is 9.48. The normalized spacial score (nSPS) is 12.7. The number of aromatic carboxylic acids is 1. The second kappa shape index (κ2) is 13.7. The van der Waals surface area contributed by atoms with Gasteiger partial charge in [-0.1, -0.05) is 13.0 Å². The van der Waals surface area contributed by atoms with E-state index in [1.165, 1.54) is 18.3 Å². The predicted molar refractivity (Wildman–Crippen MR) is 120 cm³/mol. The molecule has 1 atom stereocenters. The van der Waals surface area contributed by atoms with Gasteiger partial charge in [0.2, 0.25) is 5.91 Å². The van der Waals surface area contributed by atoms with E-state index in [-0.39, 0.29) is 24.6 Å². The quantitative estimate of drug-likeness (QED) is 0.390. The number of hydrogen-bond acceptors (Lipinski definition) is 6. The van der Waals surface area contributed by atoms with Crippen LogP contribution < -0.4 is 10.6 Å². The number of nitrogens with zero attached hydrogens (tertiary/aromatic N) is 3. The standard InChI is InChI=1S/C22H32F3N5O4/c1-5-15(7-8-27-21(34)22(23,24)25)18-13-28-16(11-17(18)20(32)33)12-26-14-19(31)30(6-2)10-9-29(3)4/h7-8,11,13,15,26H,5-6,9-10,12,14H2,1-4H3,(H,27,34)(H,32,33)/b8-7+. The third-order valence-electron chi connectivity index (χ3n) is 5.00. The molecule has 190 valence electrons. The SMILES string of the molecule is CCC(/C=C/NC(=O)C(F)(F)F)c1cnc(CNCC(=O)N(CC)CCN(C)C)cc1C(=O)O. The van der Waals surface area contributed by atoms with Crippen molar-refractivity contribution in [1.29, 1.82) is 0 Å². The topological polar surface area (TPSA) is 115 Å². The minimum absolute atomic E-state index is 0.0575. The maximum Gasteiger partial charge on any atom is 0.471 e. The molecule has 0 bridgehead atoms. The summed E-state index contributed by atoms with van der Waals surface area (Å²) in [4.78, 5) is 43.0. The minimum Gasteiger partial charge on any atom is -0.478 e. The molecule has 34 heavy (non-hydrogen) atoms. The van der Waals surface area contributed by atoms with Gasteiger partial charge in [-0.25, -0.2) is 4.79 Å². The van der Waals surface area contributed by atoms with Crippen molar-refractivity contribution >= 4 is 17.8 Å². The van der Waals surface area contributed by atoms with Gasteiger partial charge in [0.25, 0.3) is 0 Å². The maximum absolute atomic E-state index is 12.4. The largest absolute Gasteiger partial charge is 0.478 e. The van der Waals surface area contributed by atoms with Crippen molar-refractivity contribution in [3.05, 3.63) is 41.4 Å². The van der Waals surface area contributed by atoms with E-state index in [0.29, 0.717) is 30.8 Å². The predicted octanol–water partition coefficient (Wildman–Crippen LogP) is 1.97. The number of amides is 2. The van der Waals surface area contributed by atoms with E-state index in [4.69, 9.17) is 0 Å². The molecule has 0 aliphatic rings. The molecule has 0 fully saturated rings. The zero-order valence-electron chi connectivity index (χ0n) is 19.8. The molecule has 0 spiro atoms. The third-order valence-corrected chi connectivity index (χ3v) is 5.00. The molecule has 1 aromatic heterocycles. The molecule has 1 heterocycles. The minimum atomic E-state index is -5.02. The number of carbonyl (C=O) groups excluding carboxylic acids is 2. The maximum atomic E-state index is 12.4. The van der Waals surface area contributed by atoms with E-state index in [2.05, 4.69) is 10.3 Å². The highest BCUT2D eigenvalue weighted by atomic mass is 19.4. The number of hydrogen-bond donors (Lipinski definition) is 3. The lowest BCUT2D eigenvalue weighted by molar-refractivity contribution is -0.172. The van der Waals surface area contributed by atoms with Gasteiger partial charge in [0.15, 0.2) is 0 Å². The molecule has 12 heteroatoms. The summed E-state index contributed by atoms with van der Waals surface area (Å²) in [6.07, 6.45) is -1.16. The summed E-state index contributed by atoms with van der Waals surface area (Å²) in [7, 11) is 3.84. The summed E-state index contributed by atoms with van der Waals surface area (Å²) in [5.74, 6) is -4.00. The molecule has 0 aromatic carbocycles. The molecule has 1 aromatic rings. The van der Waals surface area contributed by atoms with Crippen molar-refractivity contribution in [3.63, 3.8) is 0 Å². The molecule has 0 radical (unpaired) electrons. The molecule has 0 saturated carbocycles. The number of halogens is 3. The van der Waals surface area contributed by atoms with E-state index < -0.39 is 24.0 Å². The highest BCUT2D eigenvalue weighted by molar-refractivity contribution is 5.89. The number of carbonyl (C=O) groups is 3. The van der Waals surface area contributed by atoms with Gasteiger partial charge < -0.3 is 25.5 Å². The van der Waals surface area contributed by atoms with Crippen molar-refractivity contribution in [2.24, 2.45) is 0 Å². The van der Waals surface area contributed by atoms with Crippen LogP contribution in [0.5, 0.6) is 0 Å². The van der Waals surface area contributed by atoms with E-state index in [9.17, 15) is 32.7 Å². The Labute approximate surface area is 197 Å². The Morgan fingerprint density at radius 2 is 1.88 bits per heavy atom. The summed E-state index contributed by atoms with van der Waals surface area (Å²) in [5.41, 5.74) is 0.639. The van der Waals surface area contributed by atoms with Crippen LogP contribution in [0.15, 0.2) is 24.5 Å². The smallest absolute Gasteiger partial charge is 0.471 e.